The molecule has 2 aliphatic rings. The molecular formula is C18H19NO4S. The van der Waals surface area contributed by atoms with Gasteiger partial charge in [0.1, 0.15) is 22.5 Å². The number of ether oxygens (including phenoxy) is 1. The molecular weight excluding hydrogens is 326 g/mol. The predicted molar refractivity (Wildman–Crippen MR) is 90.1 cm³/mol. The Morgan fingerprint density at radius 3 is 2.92 bits per heavy atom. The van der Waals surface area contributed by atoms with Gasteiger partial charge in [-0.2, -0.15) is 8.42 Å². The molecule has 5 nitrogen and oxygen atoms in total. The van der Waals surface area contributed by atoms with Gasteiger partial charge in [0.25, 0.3) is 0 Å². The van der Waals surface area contributed by atoms with Crippen LogP contribution >= 0.6 is 0 Å². The third kappa shape index (κ3) is 2.76. The first-order chi connectivity index (χ1) is 11.5. The second-order valence-electron chi connectivity index (χ2n) is 6.31. The average molecular weight is 345 g/mol. The Kier molecular flexibility index (Phi) is 3.73. The molecule has 0 aromatic heterocycles. The number of fused-ring (bicyclic) bond motifs is 3. The lowest BCUT2D eigenvalue weighted by atomic mass is 9.90. The molecule has 24 heavy (non-hydrogen) atoms. The second-order valence-corrected chi connectivity index (χ2v) is 7.86. The van der Waals surface area contributed by atoms with Crippen LogP contribution in [0.1, 0.15) is 23.5 Å². The monoisotopic (exact) mass is 345 g/mol. The highest BCUT2D eigenvalue weighted by atomic mass is 32.2. The van der Waals surface area contributed by atoms with Crippen molar-refractivity contribution in [3.05, 3.63) is 53.6 Å². The summed E-state index contributed by atoms with van der Waals surface area (Å²) in [5, 5.41) is 3.32. The fourth-order valence-corrected chi connectivity index (χ4v) is 4.42. The van der Waals surface area contributed by atoms with Gasteiger partial charge in [-0.15, -0.1) is 0 Å². The number of nitrogens with one attached hydrogen (secondary N) is 1. The van der Waals surface area contributed by atoms with Gasteiger partial charge in [-0.25, -0.2) is 0 Å². The molecule has 2 aromatic rings. The highest BCUT2D eigenvalue weighted by Crippen LogP contribution is 2.43. The lowest BCUT2D eigenvalue weighted by Crippen LogP contribution is -2.39. The minimum absolute atomic E-state index is 0.123. The number of piperidine rings is 1. The van der Waals surface area contributed by atoms with E-state index in [0.717, 1.165) is 36.4 Å². The van der Waals surface area contributed by atoms with Gasteiger partial charge in [-0.3, -0.25) is 0 Å². The van der Waals surface area contributed by atoms with E-state index >= 15 is 0 Å². The molecule has 0 radical (unpaired) electrons. The van der Waals surface area contributed by atoms with Crippen LogP contribution in [0, 0.1) is 6.92 Å². The normalized spacial score (nSPS) is 22.4. The first-order valence-electron chi connectivity index (χ1n) is 8.05. The lowest BCUT2D eigenvalue weighted by molar-refractivity contribution is 0.176. The van der Waals surface area contributed by atoms with Crippen molar-refractivity contribution in [3.63, 3.8) is 0 Å². The summed E-state index contributed by atoms with van der Waals surface area (Å²) >= 11 is 0. The molecule has 0 spiro atoms. The molecule has 0 saturated carbocycles. The smallest absolute Gasteiger partial charge is 0.339 e. The largest absolute Gasteiger partial charge is 0.488 e. The van der Waals surface area contributed by atoms with Gasteiger partial charge in [0.2, 0.25) is 0 Å². The van der Waals surface area contributed by atoms with Crippen molar-refractivity contribution in [1.82, 2.24) is 5.32 Å². The number of benzene rings is 2. The summed E-state index contributed by atoms with van der Waals surface area (Å²) in [5.41, 5.74) is 2.01. The minimum Gasteiger partial charge on any atom is -0.488 e. The minimum atomic E-state index is -3.85. The molecule has 0 amide bonds. The Labute approximate surface area is 141 Å². The first-order valence-corrected chi connectivity index (χ1v) is 9.46. The summed E-state index contributed by atoms with van der Waals surface area (Å²) in [5.74, 6) is 1.39. The van der Waals surface area contributed by atoms with Gasteiger partial charge in [-0.05, 0) is 43.7 Å². The summed E-state index contributed by atoms with van der Waals surface area (Å²) < 4.78 is 36.1. The fraction of sp³-hybridized carbons (Fsp3) is 0.333. The topological polar surface area (TPSA) is 64.6 Å². The van der Waals surface area contributed by atoms with Crippen LogP contribution in [0.15, 0.2) is 47.4 Å². The van der Waals surface area contributed by atoms with Crippen LogP contribution in [-0.2, 0) is 10.1 Å². The van der Waals surface area contributed by atoms with E-state index in [0.29, 0.717) is 5.92 Å². The Balaban J connectivity index is 1.60. The van der Waals surface area contributed by atoms with Gasteiger partial charge in [0.05, 0.1) is 0 Å². The molecule has 6 heteroatoms. The number of aryl methyl sites for hydroxylation is 1. The van der Waals surface area contributed by atoms with Crippen molar-refractivity contribution in [2.45, 2.75) is 30.3 Å². The summed E-state index contributed by atoms with van der Waals surface area (Å²) in [6, 6.07) is 12.0. The molecule has 1 N–H and O–H groups in total. The van der Waals surface area contributed by atoms with Crippen molar-refractivity contribution in [2.75, 3.05) is 13.1 Å². The first kappa shape index (κ1) is 15.5. The number of hydrogen-bond donors (Lipinski definition) is 1. The van der Waals surface area contributed by atoms with Gasteiger partial charge in [-0.1, -0.05) is 18.2 Å². The Hall–Kier alpha value is -2.05. The highest BCUT2D eigenvalue weighted by Gasteiger charge is 2.36. The summed E-state index contributed by atoms with van der Waals surface area (Å²) in [7, 11) is -3.85. The van der Waals surface area contributed by atoms with E-state index < -0.39 is 10.1 Å². The number of hydrogen-bond acceptors (Lipinski definition) is 5. The molecule has 4 rings (SSSR count). The summed E-state index contributed by atoms with van der Waals surface area (Å²) in [6.45, 7) is 3.64. The maximum absolute atomic E-state index is 12.4. The van der Waals surface area contributed by atoms with Crippen LogP contribution in [0.3, 0.4) is 0 Å². The fourth-order valence-electron chi connectivity index (χ4n) is 3.39. The van der Waals surface area contributed by atoms with Crippen LogP contribution < -0.4 is 14.2 Å². The maximum atomic E-state index is 12.4. The third-order valence-electron chi connectivity index (χ3n) is 4.57. The zero-order chi connectivity index (χ0) is 16.7. The van der Waals surface area contributed by atoms with E-state index in [2.05, 4.69) is 5.32 Å². The molecule has 2 aliphatic heterocycles. The standard InChI is InChI=1S/C18H19NO4S/c1-12-3-2-4-14(9-12)24(20,21)23-13-5-6-15-16-7-8-19-11-18(16)22-17(15)10-13/h2-6,9-10,16,18-19H,7-8,11H2,1H3. The molecule has 1 saturated heterocycles. The van der Waals surface area contributed by atoms with Gasteiger partial charge >= 0.3 is 10.1 Å². The summed E-state index contributed by atoms with van der Waals surface area (Å²) in [6.07, 6.45) is 1.15. The van der Waals surface area contributed by atoms with Crippen LogP contribution in [0.5, 0.6) is 11.5 Å². The zero-order valence-corrected chi connectivity index (χ0v) is 14.2. The van der Waals surface area contributed by atoms with E-state index in [4.69, 9.17) is 8.92 Å². The molecule has 2 heterocycles. The SMILES string of the molecule is Cc1cccc(S(=O)(=O)Oc2ccc3c(c2)OC2CNCCC32)c1. The lowest BCUT2D eigenvalue weighted by Gasteiger charge is -2.24. The Bertz CT molecular complexity index is 878. The van der Waals surface area contributed by atoms with Crippen molar-refractivity contribution >= 4 is 10.1 Å². The van der Waals surface area contributed by atoms with Crippen molar-refractivity contribution < 1.29 is 17.3 Å². The molecule has 2 atom stereocenters. The maximum Gasteiger partial charge on any atom is 0.339 e. The van der Waals surface area contributed by atoms with E-state index in [-0.39, 0.29) is 16.7 Å². The van der Waals surface area contributed by atoms with E-state index in [1.54, 1.807) is 24.3 Å². The molecule has 2 aromatic carbocycles. The summed E-state index contributed by atoms with van der Waals surface area (Å²) in [4.78, 5) is 0.154. The Morgan fingerprint density at radius 2 is 2.08 bits per heavy atom. The molecule has 1 fully saturated rings. The van der Waals surface area contributed by atoms with Gasteiger partial charge < -0.3 is 14.2 Å². The van der Waals surface area contributed by atoms with Crippen LogP contribution in [0.25, 0.3) is 0 Å². The van der Waals surface area contributed by atoms with Crippen molar-refractivity contribution in [1.29, 1.82) is 0 Å². The predicted octanol–water partition coefficient (Wildman–Crippen LogP) is 2.60. The Morgan fingerprint density at radius 1 is 1.21 bits per heavy atom. The number of rotatable bonds is 3. The van der Waals surface area contributed by atoms with Gasteiger partial charge in [0.15, 0.2) is 0 Å². The van der Waals surface area contributed by atoms with E-state index in [1.807, 2.05) is 19.1 Å². The van der Waals surface area contributed by atoms with Gasteiger partial charge in [0, 0.05) is 24.1 Å². The van der Waals surface area contributed by atoms with Crippen molar-refractivity contribution in [2.24, 2.45) is 0 Å². The van der Waals surface area contributed by atoms with Crippen LogP contribution in [0.4, 0.5) is 0 Å². The quantitative estimate of drug-likeness (QED) is 0.866. The van der Waals surface area contributed by atoms with Crippen LogP contribution in [-0.4, -0.2) is 27.6 Å². The van der Waals surface area contributed by atoms with E-state index in [1.165, 1.54) is 6.07 Å². The molecule has 0 aliphatic carbocycles. The molecule has 126 valence electrons. The van der Waals surface area contributed by atoms with Crippen LogP contribution in [0.2, 0.25) is 0 Å². The highest BCUT2D eigenvalue weighted by molar-refractivity contribution is 7.87. The average Bonchev–Trinajstić information content (AvgIpc) is 2.92. The van der Waals surface area contributed by atoms with E-state index in [9.17, 15) is 8.42 Å². The van der Waals surface area contributed by atoms with Crippen molar-refractivity contribution in [3.8, 4) is 11.5 Å². The second kappa shape index (κ2) is 5.79. The third-order valence-corrected chi connectivity index (χ3v) is 5.82. The zero-order valence-electron chi connectivity index (χ0n) is 13.4. The molecule has 0 bridgehead atoms. The molecule has 2 unspecified atom stereocenters.